The van der Waals surface area contributed by atoms with Gasteiger partial charge in [-0.15, -0.1) is 0 Å². The van der Waals surface area contributed by atoms with Crippen LogP contribution in [0.5, 0.6) is 0 Å². The molecule has 5 rings (SSSR count). The zero-order valence-corrected chi connectivity index (χ0v) is 30.7. The van der Waals surface area contributed by atoms with Gasteiger partial charge in [0.25, 0.3) is 0 Å². The van der Waals surface area contributed by atoms with Gasteiger partial charge in [0.2, 0.25) is 10.0 Å². The highest BCUT2D eigenvalue weighted by Gasteiger charge is 2.48. The zero-order valence-electron chi connectivity index (χ0n) is 29.1. The molecular weight excluding hydrogens is 685 g/mol. The van der Waals surface area contributed by atoms with Crippen molar-refractivity contribution in [2.45, 2.75) is 108 Å². The summed E-state index contributed by atoms with van der Waals surface area (Å²) < 4.78 is 55.7. The van der Waals surface area contributed by atoms with E-state index >= 15 is 4.39 Å². The second kappa shape index (κ2) is 16.0. The average Bonchev–Trinajstić information content (AvgIpc) is 3.91. The molecule has 14 heteroatoms. The molecule has 0 bridgehead atoms. The van der Waals surface area contributed by atoms with Crippen molar-refractivity contribution in [3.63, 3.8) is 0 Å². The largest absolute Gasteiger partial charge is 0.444 e. The maximum Gasteiger partial charge on any atom is 0.410 e. The summed E-state index contributed by atoms with van der Waals surface area (Å²) in [5.74, 6) is -1.28. The number of azide groups is 1. The van der Waals surface area contributed by atoms with Crippen LogP contribution in [0.25, 0.3) is 10.4 Å². The van der Waals surface area contributed by atoms with Crippen LogP contribution in [0, 0.1) is 11.7 Å². The van der Waals surface area contributed by atoms with E-state index in [1.807, 2.05) is 12.1 Å². The minimum Gasteiger partial charge on any atom is -0.444 e. The lowest BCUT2D eigenvalue weighted by Crippen LogP contribution is -2.61. The Kier molecular flexibility index (Phi) is 12.2. The van der Waals surface area contributed by atoms with Crippen LogP contribution in [0.3, 0.4) is 0 Å². The van der Waals surface area contributed by atoms with E-state index in [0.717, 1.165) is 5.56 Å². The maximum absolute atomic E-state index is 15.7. The van der Waals surface area contributed by atoms with E-state index in [4.69, 9.17) is 21.1 Å². The maximum atomic E-state index is 15.7. The number of hydrogen-bond donors (Lipinski definition) is 0. The number of Topliss-reactive ketones (excluding diaryl/α,β-unsaturated/α-hetero) is 1. The minimum absolute atomic E-state index is 0.0111. The summed E-state index contributed by atoms with van der Waals surface area (Å²) >= 11 is 6.17. The summed E-state index contributed by atoms with van der Waals surface area (Å²) in [6, 6.07) is 9.53. The highest BCUT2D eigenvalue weighted by molar-refractivity contribution is 7.90. The third kappa shape index (κ3) is 9.16. The molecule has 2 aliphatic heterocycles. The Hall–Kier alpha value is -3.22. The van der Waals surface area contributed by atoms with Gasteiger partial charge in [0.15, 0.2) is 0 Å². The lowest BCUT2D eigenvalue weighted by atomic mass is 9.75. The van der Waals surface area contributed by atoms with Crippen LogP contribution < -0.4 is 0 Å². The monoisotopic (exact) mass is 731 g/mol. The topological polar surface area (TPSA) is 142 Å². The first-order chi connectivity index (χ1) is 23.7. The number of sulfonamides is 1. The van der Waals surface area contributed by atoms with Gasteiger partial charge in [-0.3, -0.25) is 4.79 Å². The van der Waals surface area contributed by atoms with Crippen LogP contribution in [0.4, 0.5) is 9.18 Å². The van der Waals surface area contributed by atoms with Crippen molar-refractivity contribution in [2.24, 2.45) is 11.0 Å². The molecule has 1 amide bonds. The van der Waals surface area contributed by atoms with Gasteiger partial charge >= 0.3 is 6.09 Å². The van der Waals surface area contributed by atoms with Gasteiger partial charge in [0.1, 0.15) is 23.2 Å². The molecule has 50 heavy (non-hydrogen) atoms. The molecule has 3 fully saturated rings. The third-order valence-corrected chi connectivity index (χ3v) is 12.6. The average molecular weight is 732 g/mol. The molecule has 0 spiro atoms. The van der Waals surface area contributed by atoms with Crippen LogP contribution in [-0.2, 0) is 37.1 Å². The summed E-state index contributed by atoms with van der Waals surface area (Å²) in [4.78, 5) is 31.8. The number of carbonyl (C=O) groups is 2. The number of piperazine rings is 1. The molecular formula is C36H47ClFN5O6S. The summed E-state index contributed by atoms with van der Waals surface area (Å²) in [5.41, 5.74) is 10.4. The second-order valence-corrected chi connectivity index (χ2v) is 17.3. The van der Waals surface area contributed by atoms with Crippen LogP contribution in [0.15, 0.2) is 47.6 Å². The molecule has 3 aliphatic rings. The van der Waals surface area contributed by atoms with E-state index in [2.05, 4.69) is 10.0 Å². The molecule has 0 N–H and O–H groups in total. The van der Waals surface area contributed by atoms with Gasteiger partial charge in [-0.2, -0.15) is 4.31 Å². The molecule has 2 heterocycles. The highest BCUT2D eigenvalue weighted by atomic mass is 35.5. The van der Waals surface area contributed by atoms with Crippen molar-refractivity contribution in [3.8, 4) is 0 Å². The van der Waals surface area contributed by atoms with E-state index in [0.29, 0.717) is 55.0 Å². The number of ketones is 1. The minimum atomic E-state index is -3.64. The third-order valence-electron chi connectivity index (χ3n) is 9.78. The Bertz CT molecular complexity index is 1690. The molecule has 1 aliphatic carbocycles. The first-order valence-electron chi connectivity index (χ1n) is 17.4. The van der Waals surface area contributed by atoms with Gasteiger partial charge in [-0.05, 0) is 113 Å². The molecule has 11 nitrogen and oxygen atoms in total. The van der Waals surface area contributed by atoms with E-state index < -0.39 is 56.8 Å². The van der Waals surface area contributed by atoms with Crippen molar-refractivity contribution in [2.75, 3.05) is 26.3 Å². The standard InChI is InChI=1S/C36H47ClFN5O6S/c1-23-21-42(35(45)49-36(2,3)4)22-28(43(23)50(46,47)29-13-14-29)12-15-30-26(6-5-7-31(30)38)20-32(44)34(40-41-39)33(25-16-18-48-19-17-25)24-8-10-27(37)11-9-24/h5-11,23,25,28-29,33-34H,12-22H2,1-4H3/t23-,28-,33-,34+/m0/s1. The van der Waals surface area contributed by atoms with Crippen molar-refractivity contribution >= 4 is 33.5 Å². The summed E-state index contributed by atoms with van der Waals surface area (Å²) in [5, 5.41) is 4.11. The Morgan fingerprint density at radius 2 is 1.78 bits per heavy atom. The van der Waals surface area contributed by atoms with Crippen molar-refractivity contribution in [3.05, 3.63) is 80.4 Å². The van der Waals surface area contributed by atoms with Crippen LogP contribution in [0.2, 0.25) is 5.02 Å². The fourth-order valence-corrected chi connectivity index (χ4v) is 9.73. The first kappa shape index (κ1) is 38.0. The molecule has 2 saturated heterocycles. The lowest BCUT2D eigenvalue weighted by Gasteiger charge is -2.45. The van der Waals surface area contributed by atoms with Gasteiger partial charge in [0.05, 0.1) is 5.25 Å². The zero-order chi connectivity index (χ0) is 36.2. The fraction of sp³-hybridized carbons (Fsp3) is 0.611. The number of ether oxygens (including phenoxy) is 2. The molecule has 0 unspecified atom stereocenters. The number of halogens is 2. The number of hydrogen-bond acceptors (Lipinski definition) is 7. The molecule has 272 valence electrons. The number of nitrogens with zero attached hydrogens (tertiary/aromatic N) is 5. The SMILES string of the molecule is C[C@H]1CN(C(=O)OC(C)(C)C)C[C@H](CCc2c(F)cccc2CC(=O)[C@@H](N=[N+]=[N-])[C@@H](c2ccc(Cl)cc2)C2CCOCC2)N1S(=O)(=O)C1CC1. The highest BCUT2D eigenvalue weighted by Crippen LogP contribution is 2.39. The van der Waals surface area contributed by atoms with E-state index in [1.54, 1.807) is 45.9 Å². The number of amides is 1. The van der Waals surface area contributed by atoms with Crippen molar-refractivity contribution < 1.29 is 31.9 Å². The molecule has 0 aromatic heterocycles. The molecule has 4 atom stereocenters. The van der Waals surface area contributed by atoms with Crippen molar-refractivity contribution in [1.29, 1.82) is 0 Å². The number of benzene rings is 2. The number of rotatable bonds is 12. The molecule has 2 aromatic rings. The predicted molar refractivity (Wildman–Crippen MR) is 189 cm³/mol. The molecule has 2 aromatic carbocycles. The van der Waals surface area contributed by atoms with Crippen LogP contribution >= 0.6 is 11.6 Å². The van der Waals surface area contributed by atoms with E-state index in [1.165, 1.54) is 21.3 Å². The lowest BCUT2D eigenvalue weighted by molar-refractivity contribution is -0.120. The van der Waals surface area contributed by atoms with E-state index in [9.17, 15) is 23.5 Å². The van der Waals surface area contributed by atoms with Crippen molar-refractivity contribution in [1.82, 2.24) is 9.21 Å². The van der Waals surface area contributed by atoms with Gasteiger partial charge in [-0.1, -0.05) is 41.0 Å². The van der Waals surface area contributed by atoms with Gasteiger partial charge < -0.3 is 14.4 Å². The normalized spacial score (nSPS) is 22.0. The fourth-order valence-electron chi connectivity index (χ4n) is 7.38. The quantitative estimate of drug-likeness (QED) is 0.128. The summed E-state index contributed by atoms with van der Waals surface area (Å²) in [6.07, 6.45) is 2.17. The molecule has 0 radical (unpaired) electrons. The van der Waals surface area contributed by atoms with Crippen LogP contribution in [0.1, 0.15) is 82.4 Å². The number of carbonyl (C=O) groups excluding carboxylic acids is 2. The van der Waals surface area contributed by atoms with Gasteiger partial charge in [-0.25, -0.2) is 17.6 Å². The van der Waals surface area contributed by atoms with Crippen LogP contribution in [-0.4, -0.2) is 84.8 Å². The molecule has 1 saturated carbocycles. The Balaban J connectivity index is 1.41. The van der Waals surface area contributed by atoms with Gasteiger partial charge in [0, 0.05) is 60.7 Å². The predicted octanol–water partition coefficient (Wildman–Crippen LogP) is 7.21. The Morgan fingerprint density at radius 3 is 2.40 bits per heavy atom. The summed E-state index contributed by atoms with van der Waals surface area (Å²) in [7, 11) is -3.64. The Morgan fingerprint density at radius 1 is 1.10 bits per heavy atom. The second-order valence-electron chi connectivity index (χ2n) is 14.7. The Labute approximate surface area is 299 Å². The first-order valence-corrected chi connectivity index (χ1v) is 19.2. The smallest absolute Gasteiger partial charge is 0.410 e. The van der Waals surface area contributed by atoms with E-state index in [-0.39, 0.29) is 44.1 Å². The summed E-state index contributed by atoms with van der Waals surface area (Å²) in [6.45, 7) is 8.43.